The average molecular weight is 586 g/mol. The van der Waals surface area contributed by atoms with Crippen LogP contribution in [0.3, 0.4) is 0 Å². The Labute approximate surface area is 242 Å². The molecule has 1 aliphatic rings. The van der Waals surface area contributed by atoms with Crippen molar-refractivity contribution in [2.24, 2.45) is 5.92 Å². The smallest absolute Gasteiger partial charge is 0.416 e. The molecule has 4 rings (SSSR count). The van der Waals surface area contributed by atoms with Crippen LogP contribution in [0.25, 0.3) is 0 Å². The number of alkyl halides is 3. The number of urea groups is 1. The molecular weight excluding hydrogens is 551 g/mol. The topological polar surface area (TPSA) is 107 Å². The van der Waals surface area contributed by atoms with Crippen LogP contribution in [0.1, 0.15) is 35.3 Å². The predicted octanol–water partition coefficient (Wildman–Crippen LogP) is 5.10. The third kappa shape index (κ3) is 7.77. The Morgan fingerprint density at radius 3 is 2.40 bits per heavy atom. The summed E-state index contributed by atoms with van der Waals surface area (Å²) in [5, 5.41) is 15.0. The second-order valence-corrected chi connectivity index (χ2v) is 10.5. The molecule has 0 spiro atoms. The van der Waals surface area contributed by atoms with E-state index in [2.05, 4.69) is 20.5 Å². The van der Waals surface area contributed by atoms with Gasteiger partial charge in [-0.15, -0.1) is 0 Å². The fraction of sp³-hybridized carbons (Fsp3) is 0.367. The van der Waals surface area contributed by atoms with Crippen LogP contribution >= 0.6 is 0 Å². The van der Waals surface area contributed by atoms with E-state index in [1.165, 1.54) is 6.07 Å². The van der Waals surface area contributed by atoms with E-state index in [-0.39, 0.29) is 41.5 Å². The highest BCUT2D eigenvalue weighted by atomic mass is 19.4. The molecule has 0 radical (unpaired) electrons. The van der Waals surface area contributed by atoms with Crippen LogP contribution < -0.4 is 15.4 Å². The lowest BCUT2D eigenvalue weighted by molar-refractivity contribution is -0.137. The number of carbonyl (C=O) groups excluding carboxylic acids is 2. The molecule has 3 atom stereocenters. The number of aromatic nitrogens is 1. The van der Waals surface area contributed by atoms with Gasteiger partial charge in [-0.3, -0.25) is 14.7 Å². The molecule has 0 fully saturated rings. The van der Waals surface area contributed by atoms with Crippen LogP contribution in [-0.4, -0.2) is 70.7 Å². The molecule has 3 N–H and O–H groups in total. The van der Waals surface area contributed by atoms with Crippen LogP contribution in [0.2, 0.25) is 0 Å². The van der Waals surface area contributed by atoms with Gasteiger partial charge in [0.05, 0.1) is 23.8 Å². The standard InChI is InChI=1S/C30H34F3N5O4/c1-19-15-38(20(2)18-39)28(40)25-14-24(36-29(41)35-23-6-4-22(5-7-23)30(31,32)33)8-9-26(25)42-27(19)17-37(3)16-21-10-12-34-13-11-21/h4-14,19-20,27,39H,15-18H2,1-3H3,(H2,35,36,41)/t19-,20-,27-/m1/s1. The molecule has 3 amide bonds. The first-order valence-corrected chi connectivity index (χ1v) is 13.5. The summed E-state index contributed by atoms with van der Waals surface area (Å²) in [7, 11) is 1.98. The molecule has 0 unspecified atom stereocenters. The number of nitrogens with one attached hydrogen (secondary N) is 2. The highest BCUT2D eigenvalue weighted by Gasteiger charge is 2.34. The first-order chi connectivity index (χ1) is 19.9. The minimum Gasteiger partial charge on any atom is -0.488 e. The zero-order valence-electron chi connectivity index (χ0n) is 23.6. The highest BCUT2D eigenvalue weighted by Crippen LogP contribution is 2.32. The summed E-state index contributed by atoms with van der Waals surface area (Å²) >= 11 is 0. The Bertz CT molecular complexity index is 1370. The van der Waals surface area contributed by atoms with Gasteiger partial charge in [-0.1, -0.05) is 6.92 Å². The quantitative estimate of drug-likeness (QED) is 0.340. The van der Waals surface area contributed by atoms with Crippen LogP contribution in [0.15, 0.2) is 67.0 Å². The molecule has 224 valence electrons. The predicted molar refractivity (Wildman–Crippen MR) is 152 cm³/mol. The van der Waals surface area contributed by atoms with Crippen molar-refractivity contribution in [3.63, 3.8) is 0 Å². The summed E-state index contributed by atoms with van der Waals surface area (Å²) < 4.78 is 44.9. The lowest BCUT2D eigenvalue weighted by atomic mass is 9.99. The van der Waals surface area contributed by atoms with Gasteiger partial charge in [0.15, 0.2) is 0 Å². The third-order valence-corrected chi connectivity index (χ3v) is 7.09. The summed E-state index contributed by atoms with van der Waals surface area (Å²) in [6.45, 7) is 5.12. The second-order valence-electron chi connectivity index (χ2n) is 10.5. The van der Waals surface area contributed by atoms with Gasteiger partial charge in [0.25, 0.3) is 5.91 Å². The molecule has 42 heavy (non-hydrogen) atoms. The van der Waals surface area contributed by atoms with Gasteiger partial charge in [0.1, 0.15) is 11.9 Å². The van der Waals surface area contributed by atoms with Gasteiger partial charge < -0.3 is 25.4 Å². The summed E-state index contributed by atoms with van der Waals surface area (Å²) in [4.78, 5) is 34.0. The number of aliphatic hydroxyl groups is 1. The fourth-order valence-electron chi connectivity index (χ4n) is 4.73. The Hall–Kier alpha value is -4.16. The van der Waals surface area contributed by atoms with Gasteiger partial charge in [0.2, 0.25) is 0 Å². The lowest BCUT2D eigenvalue weighted by Gasteiger charge is -2.38. The van der Waals surface area contributed by atoms with Gasteiger partial charge in [-0.05, 0) is 74.1 Å². The fourth-order valence-corrected chi connectivity index (χ4v) is 4.73. The van der Waals surface area contributed by atoms with Gasteiger partial charge in [-0.2, -0.15) is 13.2 Å². The number of amides is 3. The summed E-state index contributed by atoms with van der Waals surface area (Å²) in [6.07, 6.45) is -1.30. The number of fused-ring (bicyclic) bond motifs is 1. The molecule has 0 saturated carbocycles. The van der Waals surface area contributed by atoms with Crippen LogP contribution in [0.4, 0.5) is 29.3 Å². The van der Waals surface area contributed by atoms with E-state index in [1.54, 1.807) is 36.4 Å². The molecule has 0 bridgehead atoms. The number of ether oxygens (including phenoxy) is 1. The highest BCUT2D eigenvalue weighted by molar-refractivity contribution is 6.02. The molecular formula is C30H34F3N5O4. The number of likely N-dealkylation sites (N-methyl/N-ethyl adjacent to an activating group) is 1. The minimum atomic E-state index is -4.48. The summed E-state index contributed by atoms with van der Waals surface area (Å²) in [5.41, 5.74) is 0.943. The Morgan fingerprint density at radius 2 is 1.76 bits per heavy atom. The minimum absolute atomic E-state index is 0.0664. The van der Waals surface area contributed by atoms with Crippen LogP contribution in [0, 0.1) is 5.92 Å². The van der Waals surface area contributed by atoms with E-state index < -0.39 is 23.8 Å². The van der Waals surface area contributed by atoms with Crippen molar-refractivity contribution in [2.75, 3.05) is 37.4 Å². The Morgan fingerprint density at radius 1 is 1.12 bits per heavy atom. The largest absolute Gasteiger partial charge is 0.488 e. The molecule has 2 heterocycles. The third-order valence-electron chi connectivity index (χ3n) is 7.09. The van der Waals surface area contributed by atoms with Gasteiger partial charge >= 0.3 is 12.2 Å². The summed E-state index contributed by atoms with van der Waals surface area (Å²) in [6, 6.07) is 11.5. The molecule has 1 aliphatic heterocycles. The molecule has 1 aromatic heterocycles. The van der Waals surface area contributed by atoms with Crippen molar-refractivity contribution in [2.45, 2.75) is 38.7 Å². The first-order valence-electron chi connectivity index (χ1n) is 13.5. The van der Waals surface area contributed by atoms with Crippen LogP contribution in [0.5, 0.6) is 5.75 Å². The number of aliphatic hydroxyl groups excluding tert-OH is 1. The molecule has 2 aromatic carbocycles. The number of benzene rings is 2. The zero-order valence-corrected chi connectivity index (χ0v) is 23.6. The first kappa shape index (κ1) is 30.8. The molecule has 9 nitrogen and oxygen atoms in total. The zero-order chi connectivity index (χ0) is 30.4. The second kappa shape index (κ2) is 13.2. The van der Waals surface area contributed by atoms with E-state index in [0.717, 1.165) is 29.8 Å². The summed E-state index contributed by atoms with van der Waals surface area (Å²) in [5.74, 6) is -0.0743. The normalized spacial score (nSPS) is 18.0. The van der Waals surface area contributed by atoms with Crippen molar-refractivity contribution in [3.8, 4) is 5.75 Å². The molecule has 0 aliphatic carbocycles. The Balaban J connectivity index is 1.53. The maximum Gasteiger partial charge on any atom is 0.416 e. The van der Waals surface area contributed by atoms with E-state index in [1.807, 2.05) is 26.1 Å². The monoisotopic (exact) mass is 585 g/mol. The molecule has 12 heteroatoms. The SMILES string of the molecule is C[C@@H]1CN([C@H](C)CO)C(=O)c2cc(NC(=O)Nc3ccc(C(F)(F)F)cc3)ccc2O[C@@H]1CN(C)Cc1ccncc1. The maximum absolute atomic E-state index is 13.6. The molecule has 0 saturated heterocycles. The number of pyridine rings is 1. The van der Waals surface area contributed by atoms with E-state index in [4.69, 9.17) is 4.74 Å². The lowest BCUT2D eigenvalue weighted by Crippen LogP contribution is -2.49. The van der Waals surface area contributed by atoms with E-state index in [0.29, 0.717) is 25.4 Å². The number of nitrogens with zero attached hydrogens (tertiary/aromatic N) is 3. The van der Waals surface area contributed by atoms with Crippen molar-refractivity contribution >= 4 is 23.3 Å². The number of hydrogen-bond donors (Lipinski definition) is 3. The Kier molecular flexibility index (Phi) is 9.69. The number of carbonyl (C=O) groups is 2. The number of anilines is 2. The van der Waals surface area contributed by atoms with Crippen molar-refractivity contribution < 1.29 is 32.6 Å². The van der Waals surface area contributed by atoms with Crippen molar-refractivity contribution in [3.05, 3.63) is 83.7 Å². The van der Waals surface area contributed by atoms with E-state index in [9.17, 15) is 27.9 Å². The van der Waals surface area contributed by atoms with Crippen molar-refractivity contribution in [1.29, 1.82) is 0 Å². The van der Waals surface area contributed by atoms with Gasteiger partial charge in [0, 0.05) is 49.3 Å². The maximum atomic E-state index is 13.6. The van der Waals surface area contributed by atoms with E-state index >= 15 is 0 Å². The van der Waals surface area contributed by atoms with Crippen molar-refractivity contribution in [1.82, 2.24) is 14.8 Å². The molecule has 3 aromatic rings. The number of halogens is 3. The van der Waals surface area contributed by atoms with Gasteiger partial charge in [-0.25, -0.2) is 4.79 Å². The average Bonchev–Trinajstić information content (AvgIpc) is 2.95. The van der Waals surface area contributed by atoms with Crippen LogP contribution in [-0.2, 0) is 12.7 Å². The number of hydrogen-bond acceptors (Lipinski definition) is 6. The number of rotatable bonds is 8.